The highest BCUT2D eigenvalue weighted by atomic mass is 32.2. The zero-order valence-corrected chi connectivity index (χ0v) is 18.0. The van der Waals surface area contributed by atoms with Crippen molar-refractivity contribution in [3.05, 3.63) is 72.1 Å². The Kier molecular flexibility index (Phi) is 6.24. The highest BCUT2D eigenvalue weighted by Gasteiger charge is 2.23. The van der Waals surface area contributed by atoms with E-state index >= 15 is 0 Å². The number of amides is 1. The van der Waals surface area contributed by atoms with Crippen LogP contribution < -0.4 is 13.9 Å². The largest absolute Gasteiger partial charge is 0.481 e. The first-order valence-electron chi connectivity index (χ1n) is 8.92. The van der Waals surface area contributed by atoms with E-state index in [1.165, 1.54) is 22.7 Å². The molecule has 3 aromatic rings. The zero-order chi connectivity index (χ0) is 21.0. The molecule has 0 fully saturated rings. The van der Waals surface area contributed by atoms with E-state index in [0.717, 1.165) is 5.69 Å². The van der Waals surface area contributed by atoms with E-state index in [1.54, 1.807) is 60.6 Å². The van der Waals surface area contributed by atoms with Gasteiger partial charge in [0.05, 0.1) is 5.69 Å². The average molecular weight is 431 g/mol. The van der Waals surface area contributed by atoms with Gasteiger partial charge in [0.1, 0.15) is 9.96 Å². The van der Waals surface area contributed by atoms with Gasteiger partial charge in [-0.3, -0.25) is 9.10 Å². The molecule has 0 aliphatic carbocycles. The SMILES string of the molecule is C[C@H](Oc1ccc(N(C)S(=O)(=O)c2cccs2)cc1)C(=O)N(C)c1ccccc1. The lowest BCUT2D eigenvalue weighted by atomic mass is 10.2. The number of carbonyl (C=O) groups excluding carboxylic acids is 1. The summed E-state index contributed by atoms with van der Waals surface area (Å²) in [6.45, 7) is 1.68. The summed E-state index contributed by atoms with van der Waals surface area (Å²) in [5, 5.41) is 1.72. The third-order valence-corrected chi connectivity index (χ3v) is 7.60. The Morgan fingerprint density at radius 1 is 0.931 bits per heavy atom. The van der Waals surface area contributed by atoms with Crippen molar-refractivity contribution in [3.63, 3.8) is 0 Å². The summed E-state index contributed by atoms with van der Waals surface area (Å²) in [5.74, 6) is 0.302. The molecule has 0 N–H and O–H groups in total. The highest BCUT2D eigenvalue weighted by Crippen LogP contribution is 2.27. The van der Waals surface area contributed by atoms with Crippen molar-refractivity contribution in [2.75, 3.05) is 23.3 Å². The Balaban J connectivity index is 1.68. The van der Waals surface area contributed by atoms with Crippen LogP contribution in [0, 0.1) is 0 Å². The average Bonchev–Trinajstić information content (AvgIpc) is 3.29. The predicted octanol–water partition coefficient (Wildman–Crippen LogP) is 4.00. The molecule has 1 amide bonds. The van der Waals surface area contributed by atoms with E-state index in [2.05, 4.69) is 0 Å². The molecule has 1 heterocycles. The third kappa shape index (κ3) is 4.60. The summed E-state index contributed by atoms with van der Waals surface area (Å²) in [4.78, 5) is 14.1. The first kappa shape index (κ1) is 20.9. The van der Waals surface area contributed by atoms with Gasteiger partial charge >= 0.3 is 0 Å². The standard InChI is InChI=1S/C21H22N2O4S2/c1-16(21(24)22(2)17-8-5-4-6-9-17)27-19-13-11-18(12-14-19)23(3)29(25,26)20-10-7-15-28-20/h4-16H,1-3H3/t16-/m0/s1. The smallest absolute Gasteiger partial charge is 0.273 e. The maximum absolute atomic E-state index is 12.6. The van der Waals surface area contributed by atoms with Gasteiger partial charge in [-0.1, -0.05) is 24.3 Å². The molecule has 0 saturated heterocycles. The lowest BCUT2D eigenvalue weighted by Gasteiger charge is -2.23. The molecule has 8 heteroatoms. The van der Waals surface area contributed by atoms with Gasteiger partial charge in [0.2, 0.25) is 0 Å². The van der Waals surface area contributed by atoms with Crippen molar-refractivity contribution in [3.8, 4) is 5.75 Å². The molecule has 6 nitrogen and oxygen atoms in total. The molecule has 1 atom stereocenters. The van der Waals surface area contributed by atoms with Gasteiger partial charge in [0, 0.05) is 19.8 Å². The van der Waals surface area contributed by atoms with Crippen LogP contribution in [-0.2, 0) is 14.8 Å². The Hall–Kier alpha value is -2.84. The first-order valence-corrected chi connectivity index (χ1v) is 11.2. The summed E-state index contributed by atoms with van der Waals surface area (Å²) in [7, 11) is -0.384. The monoisotopic (exact) mass is 430 g/mol. The van der Waals surface area contributed by atoms with E-state index in [1.807, 2.05) is 30.3 Å². The van der Waals surface area contributed by atoms with E-state index in [9.17, 15) is 13.2 Å². The summed E-state index contributed by atoms with van der Waals surface area (Å²) in [6.07, 6.45) is -0.696. The molecule has 0 radical (unpaired) electrons. The number of sulfonamides is 1. The molecule has 0 unspecified atom stereocenters. The lowest BCUT2D eigenvalue weighted by molar-refractivity contribution is -0.124. The molecule has 29 heavy (non-hydrogen) atoms. The molecule has 0 bridgehead atoms. The number of rotatable bonds is 7. The molecule has 3 rings (SSSR count). The van der Waals surface area contributed by atoms with E-state index < -0.39 is 16.1 Å². The van der Waals surface area contributed by atoms with Crippen LogP contribution in [0.15, 0.2) is 76.3 Å². The van der Waals surface area contributed by atoms with Gasteiger partial charge in [0.25, 0.3) is 15.9 Å². The third-order valence-electron chi connectivity index (χ3n) is 4.44. The normalized spacial score (nSPS) is 12.2. The maximum atomic E-state index is 12.6. The number of carbonyl (C=O) groups is 1. The van der Waals surface area contributed by atoms with Crippen LogP contribution in [-0.4, -0.2) is 34.5 Å². The number of ether oxygens (including phenoxy) is 1. The number of para-hydroxylation sites is 1. The molecular formula is C21H22N2O4S2. The van der Waals surface area contributed by atoms with Crippen LogP contribution in [0.25, 0.3) is 0 Å². The van der Waals surface area contributed by atoms with Crippen molar-refractivity contribution in [2.24, 2.45) is 0 Å². The van der Waals surface area contributed by atoms with E-state index in [0.29, 0.717) is 11.4 Å². The number of hydrogen-bond acceptors (Lipinski definition) is 5. The number of hydrogen-bond donors (Lipinski definition) is 0. The lowest BCUT2D eigenvalue weighted by Crippen LogP contribution is -2.38. The molecule has 0 aliphatic heterocycles. The van der Waals surface area contributed by atoms with Crippen molar-refractivity contribution < 1.29 is 17.9 Å². The second kappa shape index (κ2) is 8.67. The number of anilines is 2. The minimum atomic E-state index is -3.59. The first-order chi connectivity index (χ1) is 13.8. The second-order valence-corrected chi connectivity index (χ2v) is 9.54. The number of thiophene rings is 1. The number of likely N-dealkylation sites (N-methyl/N-ethyl adjacent to an activating group) is 1. The molecule has 1 aromatic heterocycles. The van der Waals surface area contributed by atoms with Crippen LogP contribution in [0.5, 0.6) is 5.75 Å². The van der Waals surface area contributed by atoms with Crippen LogP contribution in [0.4, 0.5) is 11.4 Å². The molecule has 0 saturated carbocycles. The van der Waals surface area contributed by atoms with Crippen LogP contribution >= 0.6 is 11.3 Å². The topological polar surface area (TPSA) is 66.9 Å². The molecular weight excluding hydrogens is 408 g/mol. The summed E-state index contributed by atoms with van der Waals surface area (Å²) in [5.41, 5.74) is 1.29. The maximum Gasteiger partial charge on any atom is 0.273 e. The van der Waals surface area contributed by atoms with Crippen molar-refractivity contribution >= 4 is 38.6 Å². The quantitative estimate of drug-likeness (QED) is 0.568. The Morgan fingerprint density at radius 2 is 1.59 bits per heavy atom. The fourth-order valence-corrected chi connectivity index (χ4v) is 5.08. The Bertz CT molecular complexity index is 1050. The number of benzene rings is 2. The second-order valence-electron chi connectivity index (χ2n) is 6.39. The minimum Gasteiger partial charge on any atom is -0.481 e. The van der Waals surface area contributed by atoms with Crippen LogP contribution in [0.2, 0.25) is 0 Å². The molecule has 0 aliphatic rings. The Labute approximate surface area is 175 Å². The predicted molar refractivity (Wildman–Crippen MR) is 116 cm³/mol. The van der Waals surface area contributed by atoms with E-state index in [-0.39, 0.29) is 10.1 Å². The van der Waals surface area contributed by atoms with Gasteiger partial charge < -0.3 is 9.64 Å². The molecule has 0 spiro atoms. The number of nitrogens with zero attached hydrogens (tertiary/aromatic N) is 2. The van der Waals surface area contributed by atoms with Crippen molar-refractivity contribution in [1.29, 1.82) is 0 Å². The van der Waals surface area contributed by atoms with Gasteiger partial charge in [0.15, 0.2) is 6.10 Å². The fourth-order valence-electron chi connectivity index (χ4n) is 2.72. The fraction of sp³-hybridized carbons (Fsp3) is 0.190. The summed E-state index contributed by atoms with van der Waals surface area (Å²) in [6, 6.07) is 19.2. The van der Waals surface area contributed by atoms with Crippen LogP contribution in [0.1, 0.15) is 6.92 Å². The van der Waals surface area contributed by atoms with Gasteiger partial charge in [-0.05, 0) is 54.8 Å². The van der Waals surface area contributed by atoms with Crippen molar-refractivity contribution in [1.82, 2.24) is 0 Å². The minimum absolute atomic E-state index is 0.183. The molecule has 152 valence electrons. The van der Waals surface area contributed by atoms with Gasteiger partial charge in [-0.2, -0.15) is 0 Å². The highest BCUT2D eigenvalue weighted by molar-refractivity contribution is 7.94. The zero-order valence-electron chi connectivity index (χ0n) is 16.3. The van der Waals surface area contributed by atoms with Crippen molar-refractivity contribution in [2.45, 2.75) is 17.2 Å². The van der Waals surface area contributed by atoms with Gasteiger partial charge in [-0.25, -0.2) is 8.42 Å². The summed E-state index contributed by atoms with van der Waals surface area (Å²) >= 11 is 1.17. The van der Waals surface area contributed by atoms with Gasteiger partial charge in [-0.15, -0.1) is 11.3 Å². The summed E-state index contributed by atoms with van der Waals surface area (Å²) < 4.78 is 32.5. The van der Waals surface area contributed by atoms with E-state index in [4.69, 9.17) is 4.74 Å². The van der Waals surface area contributed by atoms with Crippen LogP contribution in [0.3, 0.4) is 0 Å². The Morgan fingerprint density at radius 3 is 2.17 bits per heavy atom. The molecule has 2 aromatic carbocycles.